The Balaban J connectivity index is 1.86. The van der Waals surface area contributed by atoms with E-state index >= 15 is 0 Å². The molecule has 1 aromatic carbocycles. The van der Waals surface area contributed by atoms with Crippen LogP contribution < -0.4 is 5.32 Å². The predicted molar refractivity (Wildman–Crippen MR) is 71.4 cm³/mol. The fraction of sp³-hybridized carbons (Fsp3) is 0.462. The largest absolute Gasteiger partial charge is 0.300 e. The fourth-order valence-electron chi connectivity index (χ4n) is 2.20. The molecular formula is C13H16BrN3. The third kappa shape index (κ3) is 3.53. The lowest BCUT2D eigenvalue weighted by atomic mass is 10.2. The van der Waals surface area contributed by atoms with Gasteiger partial charge in [-0.05, 0) is 18.1 Å². The number of nitrogens with one attached hydrogen (secondary N) is 1. The standard InChI is InChI=1S/C13H16BrN3/c14-13-4-2-1-3-11(13)9-17-8-5-12(10-17)16-7-6-15/h1-4,12,16H,5,7-10H2. The third-order valence-electron chi connectivity index (χ3n) is 3.09. The van der Waals surface area contributed by atoms with Crippen molar-refractivity contribution in [3.8, 4) is 6.07 Å². The van der Waals surface area contributed by atoms with Gasteiger partial charge in [0.1, 0.15) is 0 Å². The van der Waals surface area contributed by atoms with Crippen LogP contribution in [0.3, 0.4) is 0 Å². The van der Waals surface area contributed by atoms with Gasteiger partial charge in [-0.1, -0.05) is 34.1 Å². The van der Waals surface area contributed by atoms with E-state index in [9.17, 15) is 0 Å². The van der Waals surface area contributed by atoms with Crippen LogP contribution >= 0.6 is 15.9 Å². The van der Waals surface area contributed by atoms with E-state index in [-0.39, 0.29) is 0 Å². The SMILES string of the molecule is N#CCNC1CCN(Cc2ccccc2Br)C1. The lowest BCUT2D eigenvalue weighted by Crippen LogP contribution is -2.32. The van der Waals surface area contributed by atoms with E-state index in [2.05, 4.69) is 50.4 Å². The summed E-state index contributed by atoms with van der Waals surface area (Å²) in [6, 6.07) is 10.9. The number of nitriles is 1. The highest BCUT2D eigenvalue weighted by atomic mass is 79.9. The highest BCUT2D eigenvalue weighted by Gasteiger charge is 2.21. The molecule has 3 nitrogen and oxygen atoms in total. The zero-order valence-electron chi connectivity index (χ0n) is 9.69. The monoisotopic (exact) mass is 293 g/mol. The topological polar surface area (TPSA) is 39.1 Å². The van der Waals surface area contributed by atoms with Crippen molar-refractivity contribution in [3.05, 3.63) is 34.3 Å². The summed E-state index contributed by atoms with van der Waals surface area (Å²) in [6.45, 7) is 3.56. The Bertz CT molecular complexity index is 413. The van der Waals surface area contributed by atoms with Crippen molar-refractivity contribution < 1.29 is 0 Å². The number of halogens is 1. The summed E-state index contributed by atoms with van der Waals surface area (Å²) in [7, 11) is 0. The Morgan fingerprint density at radius 1 is 1.47 bits per heavy atom. The van der Waals surface area contributed by atoms with Crippen molar-refractivity contribution in [2.45, 2.75) is 19.0 Å². The summed E-state index contributed by atoms with van der Waals surface area (Å²) in [4.78, 5) is 2.43. The first-order valence-corrected chi connectivity index (χ1v) is 6.65. The molecule has 1 fully saturated rings. The van der Waals surface area contributed by atoms with E-state index in [1.165, 1.54) is 10.0 Å². The Morgan fingerprint density at radius 3 is 3.06 bits per heavy atom. The van der Waals surface area contributed by atoms with Crippen molar-refractivity contribution in [2.75, 3.05) is 19.6 Å². The van der Waals surface area contributed by atoms with Gasteiger partial charge in [-0.15, -0.1) is 0 Å². The summed E-state index contributed by atoms with van der Waals surface area (Å²) >= 11 is 3.58. The van der Waals surface area contributed by atoms with Gasteiger partial charge < -0.3 is 5.32 Å². The number of nitrogens with zero attached hydrogens (tertiary/aromatic N) is 2. The molecule has 0 aromatic heterocycles. The minimum Gasteiger partial charge on any atom is -0.300 e. The molecule has 1 aromatic rings. The molecule has 0 radical (unpaired) electrons. The van der Waals surface area contributed by atoms with Gasteiger partial charge in [0.05, 0.1) is 12.6 Å². The minimum atomic E-state index is 0.452. The predicted octanol–water partition coefficient (Wildman–Crippen LogP) is 2.14. The Hall–Kier alpha value is -0.890. The molecule has 2 rings (SSSR count). The summed E-state index contributed by atoms with van der Waals surface area (Å²) in [5.41, 5.74) is 1.33. The molecular weight excluding hydrogens is 278 g/mol. The maximum absolute atomic E-state index is 8.53. The van der Waals surface area contributed by atoms with Crippen LogP contribution in [-0.2, 0) is 6.54 Å². The van der Waals surface area contributed by atoms with Crippen molar-refractivity contribution in [2.24, 2.45) is 0 Å². The molecule has 0 spiro atoms. The van der Waals surface area contributed by atoms with Crippen LogP contribution in [0.2, 0.25) is 0 Å². The van der Waals surface area contributed by atoms with E-state index in [4.69, 9.17) is 5.26 Å². The van der Waals surface area contributed by atoms with E-state index in [0.717, 1.165) is 26.1 Å². The molecule has 1 unspecified atom stereocenters. The lowest BCUT2D eigenvalue weighted by Gasteiger charge is -2.17. The molecule has 17 heavy (non-hydrogen) atoms. The maximum Gasteiger partial charge on any atom is 0.0843 e. The fourth-order valence-corrected chi connectivity index (χ4v) is 2.61. The highest BCUT2D eigenvalue weighted by Crippen LogP contribution is 2.20. The minimum absolute atomic E-state index is 0.452. The third-order valence-corrected chi connectivity index (χ3v) is 3.87. The van der Waals surface area contributed by atoms with Crippen LogP contribution in [0.1, 0.15) is 12.0 Å². The summed E-state index contributed by atoms with van der Waals surface area (Å²) in [6.07, 6.45) is 1.13. The van der Waals surface area contributed by atoms with E-state index in [0.29, 0.717) is 12.6 Å². The van der Waals surface area contributed by atoms with Crippen molar-refractivity contribution in [3.63, 3.8) is 0 Å². The van der Waals surface area contributed by atoms with Gasteiger partial charge in [0.2, 0.25) is 0 Å². The normalized spacial score (nSPS) is 20.4. The maximum atomic E-state index is 8.53. The van der Waals surface area contributed by atoms with E-state index in [1.807, 2.05) is 6.07 Å². The number of hydrogen-bond acceptors (Lipinski definition) is 3. The van der Waals surface area contributed by atoms with E-state index in [1.54, 1.807) is 0 Å². The zero-order chi connectivity index (χ0) is 12.1. The van der Waals surface area contributed by atoms with Crippen molar-refractivity contribution in [1.82, 2.24) is 10.2 Å². The van der Waals surface area contributed by atoms with Gasteiger partial charge in [0.15, 0.2) is 0 Å². The molecule has 0 aliphatic carbocycles. The summed E-state index contributed by atoms with van der Waals surface area (Å²) in [5, 5.41) is 11.8. The van der Waals surface area contributed by atoms with Crippen LogP contribution in [0.4, 0.5) is 0 Å². The first-order chi connectivity index (χ1) is 8.29. The smallest absolute Gasteiger partial charge is 0.0843 e. The number of benzene rings is 1. The summed E-state index contributed by atoms with van der Waals surface area (Å²) in [5.74, 6) is 0. The van der Waals surface area contributed by atoms with Gasteiger partial charge in [0.25, 0.3) is 0 Å². The Morgan fingerprint density at radius 2 is 2.29 bits per heavy atom. The Labute approximate surface area is 111 Å². The first-order valence-electron chi connectivity index (χ1n) is 5.85. The average molecular weight is 294 g/mol. The second-order valence-corrected chi connectivity index (χ2v) is 5.21. The second kappa shape index (κ2) is 6.15. The van der Waals surface area contributed by atoms with Gasteiger partial charge >= 0.3 is 0 Å². The first kappa shape index (κ1) is 12.6. The molecule has 1 aliphatic rings. The molecule has 0 bridgehead atoms. The highest BCUT2D eigenvalue weighted by molar-refractivity contribution is 9.10. The zero-order valence-corrected chi connectivity index (χ0v) is 11.3. The van der Waals surface area contributed by atoms with Crippen LogP contribution in [0.15, 0.2) is 28.7 Å². The van der Waals surface area contributed by atoms with Crippen LogP contribution in [0.5, 0.6) is 0 Å². The van der Waals surface area contributed by atoms with Crippen LogP contribution in [-0.4, -0.2) is 30.6 Å². The van der Waals surface area contributed by atoms with E-state index < -0.39 is 0 Å². The van der Waals surface area contributed by atoms with Crippen LogP contribution in [0, 0.1) is 11.3 Å². The molecule has 0 saturated carbocycles. The van der Waals surface area contributed by atoms with Gasteiger partial charge in [-0.2, -0.15) is 5.26 Å². The second-order valence-electron chi connectivity index (χ2n) is 4.35. The van der Waals surface area contributed by atoms with Gasteiger partial charge in [-0.3, -0.25) is 4.90 Å². The van der Waals surface area contributed by atoms with Crippen molar-refractivity contribution in [1.29, 1.82) is 5.26 Å². The molecule has 0 amide bonds. The molecule has 1 saturated heterocycles. The molecule has 1 N–H and O–H groups in total. The summed E-state index contributed by atoms with van der Waals surface area (Å²) < 4.78 is 1.17. The molecule has 1 atom stereocenters. The molecule has 90 valence electrons. The number of rotatable bonds is 4. The average Bonchev–Trinajstić information content (AvgIpc) is 2.77. The quantitative estimate of drug-likeness (QED) is 0.865. The Kier molecular flexibility index (Phi) is 4.55. The molecule has 1 aliphatic heterocycles. The van der Waals surface area contributed by atoms with Crippen molar-refractivity contribution >= 4 is 15.9 Å². The van der Waals surface area contributed by atoms with Gasteiger partial charge in [-0.25, -0.2) is 0 Å². The lowest BCUT2D eigenvalue weighted by molar-refractivity contribution is 0.321. The molecule has 1 heterocycles. The number of likely N-dealkylation sites (tertiary alicyclic amines) is 1. The molecule has 4 heteroatoms. The van der Waals surface area contributed by atoms with Gasteiger partial charge in [0, 0.05) is 30.1 Å². The van der Waals surface area contributed by atoms with Crippen LogP contribution in [0.25, 0.3) is 0 Å². The number of hydrogen-bond donors (Lipinski definition) is 1.